The summed E-state index contributed by atoms with van der Waals surface area (Å²) in [5.74, 6) is 1.44. The topological polar surface area (TPSA) is 74.8 Å². The van der Waals surface area contributed by atoms with Gasteiger partial charge in [0.1, 0.15) is 0 Å². The third kappa shape index (κ3) is 3.09. The highest BCUT2D eigenvalue weighted by atomic mass is 16.2. The first-order valence-electron chi connectivity index (χ1n) is 7.33. The lowest BCUT2D eigenvalue weighted by molar-refractivity contribution is -0.130. The predicted molar refractivity (Wildman–Crippen MR) is 78.3 cm³/mol. The van der Waals surface area contributed by atoms with Gasteiger partial charge < -0.3 is 4.90 Å². The number of tetrazole rings is 1. The average Bonchev–Trinajstić information content (AvgIpc) is 3.16. The molecular formula is C15H19N5O. The summed E-state index contributed by atoms with van der Waals surface area (Å²) in [6.45, 7) is 3.98. The van der Waals surface area contributed by atoms with Gasteiger partial charge >= 0.3 is 0 Å². The number of aryl methyl sites for hydroxylation is 1. The lowest BCUT2D eigenvalue weighted by Gasteiger charge is -2.16. The van der Waals surface area contributed by atoms with E-state index < -0.39 is 0 Å². The van der Waals surface area contributed by atoms with Crippen LogP contribution in [-0.2, 0) is 11.2 Å². The Hall–Kier alpha value is -2.24. The SMILES string of the molecule is CC1CCN(C(=O)CCc2ccccc2-c2nn[nH]n2)C1. The minimum absolute atomic E-state index is 0.238. The molecule has 1 N–H and O–H groups in total. The van der Waals surface area contributed by atoms with Gasteiger partial charge in [0.15, 0.2) is 0 Å². The number of hydrogen-bond donors (Lipinski definition) is 1. The smallest absolute Gasteiger partial charge is 0.222 e. The van der Waals surface area contributed by atoms with Crippen LogP contribution < -0.4 is 0 Å². The van der Waals surface area contributed by atoms with E-state index in [2.05, 4.69) is 27.5 Å². The van der Waals surface area contributed by atoms with Gasteiger partial charge in [-0.1, -0.05) is 31.2 Å². The molecule has 21 heavy (non-hydrogen) atoms. The summed E-state index contributed by atoms with van der Waals surface area (Å²) in [6, 6.07) is 7.90. The van der Waals surface area contributed by atoms with Crippen LogP contribution in [0.1, 0.15) is 25.3 Å². The molecule has 0 spiro atoms. The van der Waals surface area contributed by atoms with Crippen molar-refractivity contribution in [1.29, 1.82) is 0 Å². The first-order valence-corrected chi connectivity index (χ1v) is 7.33. The molecule has 0 saturated carbocycles. The number of rotatable bonds is 4. The van der Waals surface area contributed by atoms with Crippen molar-refractivity contribution >= 4 is 5.91 Å². The Morgan fingerprint density at radius 1 is 1.43 bits per heavy atom. The van der Waals surface area contributed by atoms with Gasteiger partial charge in [0, 0.05) is 25.1 Å². The van der Waals surface area contributed by atoms with Gasteiger partial charge in [-0.15, -0.1) is 10.2 Å². The minimum atomic E-state index is 0.238. The molecule has 110 valence electrons. The van der Waals surface area contributed by atoms with Crippen LogP contribution in [0.2, 0.25) is 0 Å². The number of H-pyrrole nitrogens is 1. The summed E-state index contributed by atoms with van der Waals surface area (Å²) in [6.07, 6.45) is 2.35. The van der Waals surface area contributed by atoms with Gasteiger partial charge in [0.2, 0.25) is 11.7 Å². The van der Waals surface area contributed by atoms with Crippen LogP contribution >= 0.6 is 0 Å². The van der Waals surface area contributed by atoms with Gasteiger partial charge in [-0.3, -0.25) is 4.79 Å². The third-order valence-corrected chi connectivity index (χ3v) is 3.99. The Morgan fingerprint density at radius 3 is 3.00 bits per heavy atom. The second-order valence-corrected chi connectivity index (χ2v) is 5.63. The largest absolute Gasteiger partial charge is 0.342 e. The third-order valence-electron chi connectivity index (χ3n) is 3.99. The number of likely N-dealkylation sites (tertiary alicyclic amines) is 1. The molecule has 0 aliphatic carbocycles. The number of benzene rings is 1. The number of nitrogens with zero attached hydrogens (tertiary/aromatic N) is 4. The van der Waals surface area contributed by atoms with Crippen molar-refractivity contribution in [2.45, 2.75) is 26.2 Å². The molecule has 2 aromatic rings. The summed E-state index contributed by atoms with van der Waals surface area (Å²) < 4.78 is 0. The number of hydrogen-bond acceptors (Lipinski definition) is 4. The highest BCUT2D eigenvalue weighted by Gasteiger charge is 2.23. The van der Waals surface area contributed by atoms with E-state index in [9.17, 15) is 4.79 Å². The average molecular weight is 285 g/mol. The molecule has 1 aromatic heterocycles. The molecule has 3 rings (SSSR count). The van der Waals surface area contributed by atoms with E-state index in [4.69, 9.17) is 0 Å². The number of carbonyl (C=O) groups excluding carboxylic acids is 1. The fourth-order valence-corrected chi connectivity index (χ4v) is 2.79. The zero-order valence-electron chi connectivity index (χ0n) is 12.1. The summed E-state index contributed by atoms with van der Waals surface area (Å²) >= 11 is 0. The van der Waals surface area contributed by atoms with E-state index in [-0.39, 0.29) is 5.91 Å². The molecule has 0 bridgehead atoms. The maximum atomic E-state index is 12.2. The van der Waals surface area contributed by atoms with Crippen LogP contribution in [0.3, 0.4) is 0 Å². The van der Waals surface area contributed by atoms with E-state index in [1.165, 1.54) is 0 Å². The molecule has 1 aliphatic rings. The Bertz CT molecular complexity index is 610. The number of aromatic amines is 1. The first-order chi connectivity index (χ1) is 10.2. The molecule has 6 heteroatoms. The molecule has 1 amide bonds. The highest BCUT2D eigenvalue weighted by Crippen LogP contribution is 2.22. The van der Waals surface area contributed by atoms with Crippen molar-refractivity contribution in [1.82, 2.24) is 25.5 Å². The number of aromatic nitrogens is 4. The minimum Gasteiger partial charge on any atom is -0.342 e. The van der Waals surface area contributed by atoms with E-state index in [1.54, 1.807) is 0 Å². The fourth-order valence-electron chi connectivity index (χ4n) is 2.79. The molecule has 1 aliphatic heterocycles. The Kier molecular flexibility index (Phi) is 3.94. The van der Waals surface area contributed by atoms with Crippen LogP contribution in [0.5, 0.6) is 0 Å². The second kappa shape index (κ2) is 6.03. The molecule has 6 nitrogen and oxygen atoms in total. The summed E-state index contributed by atoms with van der Waals surface area (Å²) in [5, 5.41) is 14.1. The standard InChI is InChI=1S/C15H19N5O/c1-11-8-9-20(10-11)14(21)7-6-12-4-2-3-5-13(12)15-16-18-19-17-15/h2-5,11H,6-10H2,1H3,(H,16,17,18,19). The monoisotopic (exact) mass is 285 g/mol. The van der Waals surface area contributed by atoms with E-state index in [1.807, 2.05) is 29.2 Å². The van der Waals surface area contributed by atoms with E-state index in [0.717, 1.165) is 30.6 Å². The van der Waals surface area contributed by atoms with Crippen LogP contribution in [0.25, 0.3) is 11.4 Å². The Labute approximate surface area is 123 Å². The molecular weight excluding hydrogens is 266 g/mol. The maximum Gasteiger partial charge on any atom is 0.222 e. The van der Waals surface area contributed by atoms with E-state index >= 15 is 0 Å². The highest BCUT2D eigenvalue weighted by molar-refractivity contribution is 5.77. The zero-order chi connectivity index (χ0) is 14.7. The van der Waals surface area contributed by atoms with Gasteiger partial charge in [0.25, 0.3) is 0 Å². The van der Waals surface area contributed by atoms with Crippen LogP contribution in [0.15, 0.2) is 24.3 Å². The predicted octanol–water partition coefficient (Wildman–Crippen LogP) is 1.67. The lowest BCUT2D eigenvalue weighted by Crippen LogP contribution is -2.28. The Balaban J connectivity index is 1.67. The summed E-state index contributed by atoms with van der Waals surface area (Å²) in [5.41, 5.74) is 2.02. The first kappa shape index (κ1) is 13.7. The number of nitrogens with one attached hydrogen (secondary N) is 1. The van der Waals surface area contributed by atoms with Crippen molar-refractivity contribution in [2.75, 3.05) is 13.1 Å². The van der Waals surface area contributed by atoms with Gasteiger partial charge in [-0.25, -0.2) is 0 Å². The summed E-state index contributed by atoms with van der Waals surface area (Å²) in [7, 11) is 0. The van der Waals surface area contributed by atoms with Crippen LogP contribution in [0.4, 0.5) is 0 Å². The van der Waals surface area contributed by atoms with Gasteiger partial charge in [-0.2, -0.15) is 5.21 Å². The normalized spacial score (nSPS) is 18.1. The van der Waals surface area contributed by atoms with Crippen molar-refractivity contribution in [3.8, 4) is 11.4 Å². The van der Waals surface area contributed by atoms with E-state index in [0.29, 0.717) is 24.6 Å². The van der Waals surface area contributed by atoms with Crippen LogP contribution in [0, 0.1) is 5.92 Å². The van der Waals surface area contributed by atoms with Gasteiger partial charge in [-0.05, 0) is 29.5 Å². The summed E-state index contributed by atoms with van der Waals surface area (Å²) in [4.78, 5) is 14.2. The maximum absolute atomic E-state index is 12.2. The quantitative estimate of drug-likeness (QED) is 0.927. The molecule has 1 saturated heterocycles. The van der Waals surface area contributed by atoms with Crippen molar-refractivity contribution in [2.24, 2.45) is 5.92 Å². The van der Waals surface area contributed by atoms with Crippen molar-refractivity contribution < 1.29 is 4.79 Å². The van der Waals surface area contributed by atoms with Crippen LogP contribution in [-0.4, -0.2) is 44.5 Å². The molecule has 1 fully saturated rings. The molecule has 1 atom stereocenters. The van der Waals surface area contributed by atoms with Crippen molar-refractivity contribution in [3.05, 3.63) is 29.8 Å². The Morgan fingerprint density at radius 2 is 2.29 bits per heavy atom. The molecule has 1 unspecified atom stereocenters. The fraction of sp³-hybridized carbons (Fsp3) is 0.467. The number of carbonyl (C=O) groups is 1. The van der Waals surface area contributed by atoms with Crippen molar-refractivity contribution in [3.63, 3.8) is 0 Å². The molecule has 1 aromatic carbocycles. The second-order valence-electron chi connectivity index (χ2n) is 5.63. The molecule has 0 radical (unpaired) electrons. The lowest BCUT2D eigenvalue weighted by atomic mass is 10.0. The molecule has 2 heterocycles. The number of amides is 1. The van der Waals surface area contributed by atoms with Gasteiger partial charge in [0.05, 0.1) is 0 Å². The zero-order valence-corrected chi connectivity index (χ0v) is 12.1.